The van der Waals surface area contributed by atoms with Gasteiger partial charge in [0.25, 0.3) is 5.89 Å². The summed E-state index contributed by atoms with van der Waals surface area (Å²) in [7, 11) is 3.65. The van der Waals surface area contributed by atoms with Crippen LogP contribution >= 0.6 is 0 Å². The van der Waals surface area contributed by atoms with Crippen molar-refractivity contribution in [2.45, 2.75) is 12.6 Å². The van der Waals surface area contributed by atoms with Gasteiger partial charge in [-0.1, -0.05) is 11.2 Å². The molecule has 0 aliphatic rings. The summed E-state index contributed by atoms with van der Waals surface area (Å²) < 4.78 is 15.8. The van der Waals surface area contributed by atoms with Gasteiger partial charge in [0.2, 0.25) is 0 Å². The first-order valence-corrected chi connectivity index (χ1v) is 7.24. The Morgan fingerprint density at radius 2 is 2.17 bits per heavy atom. The van der Waals surface area contributed by atoms with Crippen molar-refractivity contribution in [3.05, 3.63) is 54.3 Å². The number of likely N-dealkylation sites (N-methyl/N-ethyl adjacent to an activating group) is 1. The maximum Gasteiger partial charge on any atom is 0.293 e. The minimum Gasteiger partial charge on any atom is -0.459 e. The molecular weight excluding hydrogens is 296 g/mol. The van der Waals surface area contributed by atoms with Gasteiger partial charge in [-0.15, -0.1) is 0 Å². The summed E-state index contributed by atoms with van der Waals surface area (Å²) in [5, 5.41) is 4.00. The van der Waals surface area contributed by atoms with Crippen LogP contribution in [0.3, 0.4) is 0 Å². The molecule has 1 atom stereocenters. The van der Waals surface area contributed by atoms with Crippen LogP contribution in [0.15, 0.2) is 51.7 Å². The highest BCUT2D eigenvalue weighted by Gasteiger charge is 2.21. The van der Waals surface area contributed by atoms with Crippen LogP contribution in [0.25, 0.3) is 11.7 Å². The number of furan rings is 1. The van der Waals surface area contributed by atoms with Crippen molar-refractivity contribution >= 4 is 0 Å². The molecule has 3 heterocycles. The molecule has 3 rings (SSSR count). The topological polar surface area (TPSA) is 77.4 Å². The molecule has 0 unspecified atom stereocenters. The zero-order chi connectivity index (χ0) is 16.1. The minimum atomic E-state index is 0.00626. The molecule has 7 nitrogen and oxygen atoms in total. The number of hydrogen-bond donors (Lipinski definition) is 0. The summed E-state index contributed by atoms with van der Waals surface area (Å²) in [5.41, 5.74) is 0.937. The maximum atomic E-state index is 5.32. The monoisotopic (exact) mass is 314 g/mol. The van der Waals surface area contributed by atoms with E-state index in [2.05, 4.69) is 20.0 Å². The highest BCUT2D eigenvalue weighted by molar-refractivity contribution is 5.42. The molecule has 0 bridgehead atoms. The normalized spacial score (nSPS) is 12.7. The third-order valence-electron chi connectivity index (χ3n) is 3.48. The fourth-order valence-electron chi connectivity index (χ4n) is 2.32. The molecule has 0 saturated carbocycles. The lowest BCUT2D eigenvalue weighted by Gasteiger charge is -2.25. The number of ether oxygens (including phenoxy) is 1. The molecule has 0 fully saturated rings. The first-order valence-electron chi connectivity index (χ1n) is 7.24. The molecule has 0 aliphatic heterocycles. The fourth-order valence-corrected chi connectivity index (χ4v) is 2.32. The number of rotatable bonds is 7. The quantitative estimate of drug-likeness (QED) is 0.663. The van der Waals surface area contributed by atoms with Crippen molar-refractivity contribution in [1.82, 2.24) is 20.0 Å². The molecule has 0 spiro atoms. The second-order valence-corrected chi connectivity index (χ2v) is 5.13. The lowest BCUT2D eigenvalue weighted by Crippen LogP contribution is -2.28. The molecule has 3 aromatic rings. The van der Waals surface area contributed by atoms with Crippen LogP contribution in [0.4, 0.5) is 0 Å². The Hall–Kier alpha value is -2.51. The first-order chi connectivity index (χ1) is 11.3. The van der Waals surface area contributed by atoms with E-state index in [1.54, 1.807) is 31.7 Å². The van der Waals surface area contributed by atoms with Crippen molar-refractivity contribution in [2.75, 3.05) is 20.8 Å². The summed E-state index contributed by atoms with van der Waals surface area (Å²) >= 11 is 0. The van der Waals surface area contributed by atoms with Gasteiger partial charge in [0.05, 0.1) is 31.2 Å². The highest BCUT2D eigenvalue weighted by Crippen LogP contribution is 2.21. The molecule has 0 aromatic carbocycles. The molecule has 0 amide bonds. The van der Waals surface area contributed by atoms with Crippen LogP contribution < -0.4 is 0 Å². The minimum absolute atomic E-state index is 0.00626. The Labute approximate surface area is 133 Å². The fraction of sp³-hybridized carbons (Fsp3) is 0.312. The predicted molar refractivity (Wildman–Crippen MR) is 82.3 cm³/mol. The standard InChI is InChI=1S/C16H18N4O3/c1-20(13(11-21-2)12-6-3-4-8-17-12)10-15-18-16(23-19-15)14-7-5-9-22-14/h3-9,13H,10-11H2,1-2H3/t13-/m1/s1. The van der Waals surface area contributed by atoms with Crippen molar-refractivity contribution in [3.63, 3.8) is 0 Å². The second kappa shape index (κ2) is 7.17. The van der Waals surface area contributed by atoms with Crippen molar-refractivity contribution < 1.29 is 13.7 Å². The van der Waals surface area contributed by atoms with Crippen molar-refractivity contribution in [2.24, 2.45) is 0 Å². The van der Waals surface area contributed by atoms with Gasteiger partial charge < -0.3 is 13.7 Å². The van der Waals surface area contributed by atoms with Gasteiger partial charge in [-0.25, -0.2) is 0 Å². The van der Waals surface area contributed by atoms with Crippen molar-refractivity contribution in [1.29, 1.82) is 0 Å². The zero-order valence-corrected chi connectivity index (χ0v) is 13.0. The summed E-state index contributed by atoms with van der Waals surface area (Å²) in [4.78, 5) is 10.8. The average Bonchev–Trinajstić information content (AvgIpc) is 3.24. The number of pyridine rings is 1. The predicted octanol–water partition coefficient (Wildman–Crippen LogP) is 2.54. The lowest BCUT2D eigenvalue weighted by atomic mass is 10.1. The van der Waals surface area contributed by atoms with E-state index < -0.39 is 0 Å². The molecule has 0 saturated heterocycles. The van der Waals surface area contributed by atoms with E-state index in [0.29, 0.717) is 30.6 Å². The van der Waals surface area contributed by atoms with E-state index in [-0.39, 0.29) is 6.04 Å². The summed E-state index contributed by atoms with van der Waals surface area (Å²) in [6, 6.07) is 9.39. The maximum absolute atomic E-state index is 5.32. The summed E-state index contributed by atoms with van der Waals surface area (Å²) in [6.45, 7) is 1.03. The summed E-state index contributed by atoms with van der Waals surface area (Å²) in [5.74, 6) is 1.51. The number of aromatic nitrogens is 3. The Morgan fingerprint density at radius 3 is 2.87 bits per heavy atom. The van der Waals surface area contributed by atoms with E-state index in [1.807, 2.05) is 25.2 Å². The van der Waals surface area contributed by atoms with E-state index in [9.17, 15) is 0 Å². The lowest BCUT2D eigenvalue weighted by molar-refractivity contribution is 0.0980. The van der Waals surface area contributed by atoms with Gasteiger partial charge in [-0.3, -0.25) is 9.88 Å². The van der Waals surface area contributed by atoms with E-state index >= 15 is 0 Å². The van der Waals surface area contributed by atoms with E-state index in [4.69, 9.17) is 13.7 Å². The van der Waals surface area contributed by atoms with Crippen LogP contribution in [-0.4, -0.2) is 40.8 Å². The Bertz CT molecular complexity index is 712. The molecule has 0 N–H and O–H groups in total. The Morgan fingerprint density at radius 1 is 1.26 bits per heavy atom. The zero-order valence-electron chi connectivity index (χ0n) is 13.0. The number of nitrogens with zero attached hydrogens (tertiary/aromatic N) is 4. The van der Waals surface area contributed by atoms with E-state index in [1.165, 1.54) is 0 Å². The molecule has 23 heavy (non-hydrogen) atoms. The third-order valence-corrected chi connectivity index (χ3v) is 3.48. The number of methoxy groups -OCH3 is 1. The van der Waals surface area contributed by atoms with Gasteiger partial charge >= 0.3 is 0 Å². The third kappa shape index (κ3) is 3.64. The molecule has 0 radical (unpaired) electrons. The molecule has 3 aromatic heterocycles. The van der Waals surface area contributed by atoms with Gasteiger partial charge in [0.1, 0.15) is 0 Å². The van der Waals surface area contributed by atoms with Crippen LogP contribution in [0.1, 0.15) is 17.6 Å². The number of hydrogen-bond acceptors (Lipinski definition) is 7. The van der Waals surface area contributed by atoms with Gasteiger partial charge in [-0.05, 0) is 31.3 Å². The highest BCUT2D eigenvalue weighted by atomic mass is 16.5. The molecule has 0 aliphatic carbocycles. The molecular formula is C16H18N4O3. The van der Waals surface area contributed by atoms with Gasteiger partial charge in [0, 0.05) is 13.3 Å². The first kappa shape index (κ1) is 15.4. The molecule has 7 heteroatoms. The van der Waals surface area contributed by atoms with Gasteiger partial charge in [0.15, 0.2) is 11.6 Å². The smallest absolute Gasteiger partial charge is 0.293 e. The van der Waals surface area contributed by atoms with Crippen LogP contribution in [0.2, 0.25) is 0 Å². The average molecular weight is 314 g/mol. The largest absolute Gasteiger partial charge is 0.459 e. The van der Waals surface area contributed by atoms with Crippen LogP contribution in [0.5, 0.6) is 0 Å². The molecule has 120 valence electrons. The SMILES string of the molecule is COC[C@H](c1ccccn1)N(C)Cc1noc(-c2ccco2)n1. The Balaban J connectivity index is 1.73. The Kier molecular flexibility index (Phi) is 4.80. The second-order valence-electron chi connectivity index (χ2n) is 5.13. The summed E-state index contributed by atoms with van der Waals surface area (Å²) in [6.07, 6.45) is 3.34. The van der Waals surface area contributed by atoms with Gasteiger partial charge in [-0.2, -0.15) is 4.98 Å². The van der Waals surface area contributed by atoms with Crippen LogP contribution in [-0.2, 0) is 11.3 Å². The van der Waals surface area contributed by atoms with Crippen LogP contribution in [0, 0.1) is 0 Å². The van der Waals surface area contributed by atoms with Crippen molar-refractivity contribution in [3.8, 4) is 11.7 Å². The van der Waals surface area contributed by atoms with E-state index in [0.717, 1.165) is 5.69 Å².